The van der Waals surface area contributed by atoms with Crippen molar-refractivity contribution in [3.8, 4) is 0 Å². The van der Waals surface area contributed by atoms with E-state index in [1.54, 1.807) is 6.08 Å². The van der Waals surface area contributed by atoms with Gasteiger partial charge in [0.15, 0.2) is 0 Å². The van der Waals surface area contributed by atoms with Crippen molar-refractivity contribution in [1.82, 2.24) is 5.32 Å². The van der Waals surface area contributed by atoms with Crippen LogP contribution in [0.15, 0.2) is 24.3 Å². The molecule has 0 aliphatic rings. The number of rotatable bonds is 36. The molecule has 0 aliphatic heterocycles. The third kappa shape index (κ3) is 34.0. The second kappa shape index (κ2) is 37.3. The van der Waals surface area contributed by atoms with Crippen molar-refractivity contribution in [2.24, 2.45) is 0 Å². The Balaban J connectivity index is 3.60. The van der Waals surface area contributed by atoms with Crippen molar-refractivity contribution in [3.63, 3.8) is 0 Å². The first-order chi connectivity index (χ1) is 22.2. The van der Waals surface area contributed by atoms with E-state index in [1.165, 1.54) is 161 Å². The van der Waals surface area contributed by atoms with Gasteiger partial charge in [-0.3, -0.25) is 4.79 Å². The predicted octanol–water partition coefficient (Wildman–Crippen LogP) is 12.1. The molecule has 0 heterocycles. The minimum absolute atomic E-state index is 0.0718. The molecular weight excluding hydrogens is 554 g/mol. The molecule has 1 amide bonds. The summed E-state index contributed by atoms with van der Waals surface area (Å²) in [6, 6.07) is -0.633. The summed E-state index contributed by atoms with van der Waals surface area (Å²) in [4.78, 5) is 12.3. The summed E-state index contributed by atoms with van der Waals surface area (Å²) >= 11 is 0. The van der Waals surface area contributed by atoms with Gasteiger partial charge in [0.05, 0.1) is 18.8 Å². The highest BCUT2D eigenvalue weighted by molar-refractivity contribution is 5.76. The van der Waals surface area contributed by atoms with Gasteiger partial charge >= 0.3 is 0 Å². The molecule has 0 fully saturated rings. The van der Waals surface area contributed by atoms with E-state index in [0.29, 0.717) is 6.42 Å². The molecule has 45 heavy (non-hydrogen) atoms. The summed E-state index contributed by atoms with van der Waals surface area (Å²) in [5, 5.41) is 22.9. The summed E-state index contributed by atoms with van der Waals surface area (Å²) in [5.41, 5.74) is 0. The molecule has 0 spiro atoms. The van der Waals surface area contributed by atoms with E-state index in [2.05, 4.69) is 31.3 Å². The molecule has 0 saturated carbocycles. The van der Waals surface area contributed by atoms with Crippen molar-refractivity contribution < 1.29 is 15.0 Å². The van der Waals surface area contributed by atoms with Gasteiger partial charge in [0.1, 0.15) is 0 Å². The van der Waals surface area contributed by atoms with E-state index in [1.807, 2.05) is 6.08 Å². The van der Waals surface area contributed by atoms with Gasteiger partial charge in [-0.15, -0.1) is 0 Å². The molecule has 3 N–H and O–H groups in total. The van der Waals surface area contributed by atoms with Crippen LogP contribution in [0, 0.1) is 0 Å². The third-order valence-corrected chi connectivity index (χ3v) is 9.19. The van der Waals surface area contributed by atoms with Crippen LogP contribution < -0.4 is 5.32 Å². The van der Waals surface area contributed by atoms with Crippen LogP contribution >= 0.6 is 0 Å². The standard InChI is InChI=1S/C41H79NO3/c1-3-5-7-9-11-13-15-17-19-20-21-23-25-27-29-31-33-35-37-41(45)42-39(38-43)40(44)36-34-32-30-28-26-24-22-18-16-14-12-10-8-6-4-2/h26,28,34,36,39-40,43-44H,3-25,27,29-33,35,37-38H2,1-2H3,(H,42,45)/b28-26+,36-34+. The third-order valence-electron chi connectivity index (χ3n) is 9.19. The molecule has 0 rings (SSSR count). The van der Waals surface area contributed by atoms with Crippen molar-refractivity contribution in [2.45, 2.75) is 225 Å². The van der Waals surface area contributed by atoms with Crippen LogP contribution in [-0.2, 0) is 4.79 Å². The van der Waals surface area contributed by atoms with Gasteiger partial charge in [-0.1, -0.05) is 199 Å². The normalized spacial score (nSPS) is 13.2. The van der Waals surface area contributed by atoms with Crippen LogP contribution in [-0.4, -0.2) is 34.9 Å². The van der Waals surface area contributed by atoms with Crippen LogP contribution in [0.4, 0.5) is 0 Å². The van der Waals surface area contributed by atoms with Crippen LogP contribution in [0.1, 0.15) is 213 Å². The molecule has 2 atom stereocenters. The second-order valence-electron chi connectivity index (χ2n) is 13.7. The zero-order chi connectivity index (χ0) is 32.9. The Morgan fingerprint density at radius 2 is 0.867 bits per heavy atom. The topological polar surface area (TPSA) is 69.6 Å². The Morgan fingerprint density at radius 3 is 1.29 bits per heavy atom. The van der Waals surface area contributed by atoms with Gasteiger partial charge in [0, 0.05) is 6.42 Å². The number of hydrogen-bond acceptors (Lipinski definition) is 3. The first kappa shape index (κ1) is 43.9. The first-order valence-electron chi connectivity index (χ1n) is 20.1. The Bertz CT molecular complexity index is 647. The molecule has 0 saturated heterocycles. The Kier molecular flexibility index (Phi) is 36.4. The van der Waals surface area contributed by atoms with Crippen LogP contribution in [0.2, 0.25) is 0 Å². The number of carbonyl (C=O) groups is 1. The zero-order valence-electron chi connectivity index (χ0n) is 30.4. The highest BCUT2D eigenvalue weighted by atomic mass is 16.3. The van der Waals surface area contributed by atoms with Crippen LogP contribution in [0.3, 0.4) is 0 Å². The summed E-state index contributed by atoms with van der Waals surface area (Å²) < 4.78 is 0. The number of hydrogen-bond donors (Lipinski definition) is 3. The van der Waals surface area contributed by atoms with Crippen molar-refractivity contribution >= 4 is 5.91 Å². The van der Waals surface area contributed by atoms with Gasteiger partial charge in [-0.25, -0.2) is 0 Å². The van der Waals surface area contributed by atoms with Gasteiger partial charge < -0.3 is 15.5 Å². The lowest BCUT2D eigenvalue weighted by atomic mass is 10.0. The maximum Gasteiger partial charge on any atom is 0.220 e. The fourth-order valence-electron chi connectivity index (χ4n) is 6.08. The van der Waals surface area contributed by atoms with Crippen LogP contribution in [0.5, 0.6) is 0 Å². The first-order valence-corrected chi connectivity index (χ1v) is 20.1. The minimum atomic E-state index is -0.856. The van der Waals surface area contributed by atoms with E-state index in [-0.39, 0.29) is 12.5 Å². The molecule has 4 heteroatoms. The molecule has 266 valence electrons. The SMILES string of the molecule is CCCCCCCCCCC/C=C/CC/C=C/C(O)C(CO)NC(=O)CCCCCCCCCCCCCCCCCCCC. The Hall–Kier alpha value is -1.13. The smallest absolute Gasteiger partial charge is 0.220 e. The minimum Gasteiger partial charge on any atom is -0.394 e. The number of carbonyl (C=O) groups excluding carboxylic acids is 1. The molecule has 0 aromatic rings. The second-order valence-corrected chi connectivity index (χ2v) is 13.7. The summed E-state index contributed by atoms with van der Waals surface area (Å²) in [6.07, 6.45) is 47.0. The Morgan fingerprint density at radius 1 is 0.511 bits per heavy atom. The molecule has 0 aromatic carbocycles. The number of aliphatic hydroxyl groups excluding tert-OH is 2. The lowest BCUT2D eigenvalue weighted by Gasteiger charge is -2.19. The van der Waals surface area contributed by atoms with E-state index in [0.717, 1.165) is 32.1 Å². The molecule has 0 bridgehead atoms. The quantitative estimate of drug-likeness (QED) is 0.0475. The van der Waals surface area contributed by atoms with Crippen LogP contribution in [0.25, 0.3) is 0 Å². The molecule has 2 unspecified atom stereocenters. The van der Waals surface area contributed by atoms with Crippen molar-refractivity contribution in [1.29, 1.82) is 0 Å². The summed E-state index contributed by atoms with van der Waals surface area (Å²) in [7, 11) is 0. The average Bonchev–Trinajstić information content (AvgIpc) is 3.04. The fourth-order valence-corrected chi connectivity index (χ4v) is 6.08. The lowest BCUT2D eigenvalue weighted by molar-refractivity contribution is -0.123. The van der Waals surface area contributed by atoms with Gasteiger partial charge in [-0.05, 0) is 32.1 Å². The molecular formula is C41H79NO3. The largest absolute Gasteiger partial charge is 0.394 e. The summed E-state index contributed by atoms with van der Waals surface area (Å²) in [5.74, 6) is -0.0718. The van der Waals surface area contributed by atoms with E-state index in [9.17, 15) is 15.0 Å². The Labute approximate surface area is 281 Å². The van der Waals surface area contributed by atoms with Gasteiger partial charge in [0.2, 0.25) is 5.91 Å². The number of allylic oxidation sites excluding steroid dienone is 3. The number of aliphatic hydroxyl groups is 2. The van der Waals surface area contributed by atoms with E-state index < -0.39 is 12.1 Å². The van der Waals surface area contributed by atoms with Gasteiger partial charge in [-0.2, -0.15) is 0 Å². The van der Waals surface area contributed by atoms with E-state index in [4.69, 9.17) is 0 Å². The highest BCUT2D eigenvalue weighted by Gasteiger charge is 2.17. The molecule has 4 nitrogen and oxygen atoms in total. The van der Waals surface area contributed by atoms with E-state index >= 15 is 0 Å². The lowest BCUT2D eigenvalue weighted by Crippen LogP contribution is -2.45. The van der Waals surface area contributed by atoms with Crippen molar-refractivity contribution in [3.05, 3.63) is 24.3 Å². The zero-order valence-corrected chi connectivity index (χ0v) is 30.4. The van der Waals surface area contributed by atoms with Gasteiger partial charge in [0.25, 0.3) is 0 Å². The molecule has 0 aliphatic carbocycles. The predicted molar refractivity (Wildman–Crippen MR) is 198 cm³/mol. The molecule has 0 aromatic heterocycles. The maximum absolute atomic E-state index is 12.3. The summed E-state index contributed by atoms with van der Waals surface area (Å²) in [6.45, 7) is 4.30. The fraction of sp³-hybridized carbons (Fsp3) is 0.878. The van der Waals surface area contributed by atoms with Crippen molar-refractivity contribution in [2.75, 3.05) is 6.61 Å². The maximum atomic E-state index is 12.3. The highest BCUT2D eigenvalue weighted by Crippen LogP contribution is 2.15. The monoisotopic (exact) mass is 634 g/mol. The number of amides is 1. The number of nitrogens with one attached hydrogen (secondary N) is 1. The average molecular weight is 634 g/mol. The molecule has 0 radical (unpaired) electrons. The number of unbranched alkanes of at least 4 members (excludes halogenated alkanes) is 27.